The van der Waals surface area contributed by atoms with E-state index in [0.29, 0.717) is 12.8 Å². The molecule has 0 radical (unpaired) electrons. The minimum atomic E-state index is -0.850. The molecule has 1 aromatic carbocycles. The average Bonchev–Trinajstić information content (AvgIpc) is 2.18. The standard InChI is InChI=1S/C13H17BrO3/c1-13(2,17)8-7-11(12(15)16)9-3-5-10(14)6-4-9/h3-6,11,17H,7-8H2,1-2H3,(H,15,16). The fourth-order valence-electron chi connectivity index (χ4n) is 1.63. The summed E-state index contributed by atoms with van der Waals surface area (Å²) < 4.78 is 0.924. The summed E-state index contributed by atoms with van der Waals surface area (Å²) in [5.74, 6) is -1.41. The van der Waals surface area contributed by atoms with Crippen LogP contribution in [0.4, 0.5) is 0 Å². The lowest BCUT2D eigenvalue weighted by Gasteiger charge is -2.20. The SMILES string of the molecule is CC(C)(O)CCC(C(=O)O)c1ccc(Br)cc1. The molecule has 1 atom stereocenters. The van der Waals surface area contributed by atoms with Crippen molar-refractivity contribution in [1.82, 2.24) is 0 Å². The Morgan fingerprint density at radius 2 is 1.88 bits per heavy atom. The number of halogens is 1. The molecule has 94 valence electrons. The zero-order chi connectivity index (χ0) is 13.1. The van der Waals surface area contributed by atoms with Gasteiger partial charge in [-0.25, -0.2) is 0 Å². The fraction of sp³-hybridized carbons (Fsp3) is 0.462. The minimum absolute atomic E-state index is 0.431. The maximum atomic E-state index is 11.2. The van der Waals surface area contributed by atoms with E-state index in [2.05, 4.69) is 15.9 Å². The number of carboxylic acids is 1. The summed E-state index contributed by atoms with van der Waals surface area (Å²) in [6.07, 6.45) is 0.889. The molecule has 0 amide bonds. The molecule has 0 aliphatic carbocycles. The third-order valence-corrected chi connectivity index (χ3v) is 3.14. The maximum absolute atomic E-state index is 11.2. The largest absolute Gasteiger partial charge is 0.481 e. The van der Waals surface area contributed by atoms with E-state index in [0.717, 1.165) is 10.0 Å². The second kappa shape index (κ2) is 5.65. The quantitative estimate of drug-likeness (QED) is 0.878. The van der Waals surface area contributed by atoms with E-state index in [1.807, 2.05) is 12.1 Å². The first-order valence-electron chi connectivity index (χ1n) is 5.50. The van der Waals surface area contributed by atoms with Gasteiger partial charge in [-0.05, 0) is 44.4 Å². The van der Waals surface area contributed by atoms with Gasteiger partial charge in [0.1, 0.15) is 0 Å². The van der Waals surface area contributed by atoms with Gasteiger partial charge in [0.2, 0.25) is 0 Å². The Bertz CT molecular complexity index is 379. The lowest BCUT2D eigenvalue weighted by Crippen LogP contribution is -2.21. The van der Waals surface area contributed by atoms with E-state index in [1.165, 1.54) is 0 Å². The highest BCUT2D eigenvalue weighted by molar-refractivity contribution is 9.10. The molecule has 2 N–H and O–H groups in total. The monoisotopic (exact) mass is 300 g/mol. The molecule has 1 unspecified atom stereocenters. The van der Waals surface area contributed by atoms with Crippen molar-refractivity contribution < 1.29 is 15.0 Å². The van der Waals surface area contributed by atoms with Gasteiger partial charge in [0.25, 0.3) is 0 Å². The molecule has 3 nitrogen and oxygen atoms in total. The zero-order valence-corrected chi connectivity index (χ0v) is 11.6. The van der Waals surface area contributed by atoms with Gasteiger partial charge in [-0.1, -0.05) is 28.1 Å². The van der Waals surface area contributed by atoms with E-state index in [1.54, 1.807) is 26.0 Å². The molecule has 17 heavy (non-hydrogen) atoms. The molecule has 0 spiro atoms. The number of hydrogen-bond donors (Lipinski definition) is 2. The molecule has 0 fully saturated rings. The number of aliphatic carboxylic acids is 1. The van der Waals surface area contributed by atoms with Crippen molar-refractivity contribution in [3.8, 4) is 0 Å². The summed E-state index contributed by atoms with van der Waals surface area (Å²) >= 11 is 3.31. The number of hydrogen-bond acceptors (Lipinski definition) is 2. The van der Waals surface area contributed by atoms with Gasteiger partial charge in [0, 0.05) is 4.47 Å². The van der Waals surface area contributed by atoms with Gasteiger partial charge in [0.05, 0.1) is 11.5 Å². The van der Waals surface area contributed by atoms with Crippen molar-refractivity contribution in [2.45, 2.75) is 38.2 Å². The highest BCUT2D eigenvalue weighted by Crippen LogP contribution is 2.26. The van der Waals surface area contributed by atoms with Crippen LogP contribution in [0.25, 0.3) is 0 Å². The first kappa shape index (κ1) is 14.2. The fourth-order valence-corrected chi connectivity index (χ4v) is 1.89. The van der Waals surface area contributed by atoms with Crippen molar-refractivity contribution in [3.63, 3.8) is 0 Å². The van der Waals surface area contributed by atoms with Crippen LogP contribution in [0.3, 0.4) is 0 Å². The summed E-state index contributed by atoms with van der Waals surface area (Å²) in [5.41, 5.74) is -0.0618. The van der Waals surface area contributed by atoms with Crippen LogP contribution in [0, 0.1) is 0 Å². The van der Waals surface area contributed by atoms with Gasteiger partial charge in [-0.3, -0.25) is 4.79 Å². The number of carboxylic acid groups (broad SMARTS) is 1. The zero-order valence-electron chi connectivity index (χ0n) is 9.98. The summed E-state index contributed by atoms with van der Waals surface area (Å²) in [5, 5.41) is 18.8. The Balaban J connectivity index is 2.79. The molecule has 1 rings (SSSR count). The maximum Gasteiger partial charge on any atom is 0.310 e. The van der Waals surface area contributed by atoms with Crippen molar-refractivity contribution in [3.05, 3.63) is 34.3 Å². The average molecular weight is 301 g/mol. The van der Waals surface area contributed by atoms with Crippen molar-refractivity contribution >= 4 is 21.9 Å². The van der Waals surface area contributed by atoms with Gasteiger partial charge in [0.15, 0.2) is 0 Å². The van der Waals surface area contributed by atoms with Crippen LogP contribution >= 0.6 is 15.9 Å². The van der Waals surface area contributed by atoms with E-state index in [-0.39, 0.29) is 0 Å². The van der Waals surface area contributed by atoms with E-state index < -0.39 is 17.5 Å². The van der Waals surface area contributed by atoms with Crippen LogP contribution in [0.1, 0.15) is 38.2 Å². The Morgan fingerprint density at radius 1 is 1.35 bits per heavy atom. The molecule has 0 heterocycles. The van der Waals surface area contributed by atoms with Gasteiger partial charge in [-0.15, -0.1) is 0 Å². The predicted molar refractivity (Wildman–Crippen MR) is 70.1 cm³/mol. The highest BCUT2D eigenvalue weighted by atomic mass is 79.9. The molecule has 0 aromatic heterocycles. The highest BCUT2D eigenvalue weighted by Gasteiger charge is 2.23. The van der Waals surface area contributed by atoms with Gasteiger partial charge in [-0.2, -0.15) is 0 Å². The number of benzene rings is 1. The molecular formula is C13H17BrO3. The molecule has 0 aliphatic heterocycles. The lowest BCUT2D eigenvalue weighted by atomic mass is 9.90. The summed E-state index contributed by atoms with van der Waals surface area (Å²) in [6, 6.07) is 7.26. The van der Waals surface area contributed by atoms with Crippen LogP contribution < -0.4 is 0 Å². The minimum Gasteiger partial charge on any atom is -0.481 e. The number of rotatable bonds is 5. The number of aliphatic hydroxyl groups is 1. The molecule has 0 saturated carbocycles. The third kappa shape index (κ3) is 4.88. The second-order valence-corrected chi connectivity index (χ2v) is 5.71. The van der Waals surface area contributed by atoms with Crippen LogP contribution in [-0.2, 0) is 4.79 Å². The molecule has 4 heteroatoms. The first-order chi connectivity index (χ1) is 7.79. The van der Waals surface area contributed by atoms with Crippen LogP contribution in [0.15, 0.2) is 28.7 Å². The van der Waals surface area contributed by atoms with Gasteiger partial charge < -0.3 is 10.2 Å². The molecule has 0 aliphatic rings. The number of carbonyl (C=O) groups is 1. The lowest BCUT2D eigenvalue weighted by molar-refractivity contribution is -0.139. The van der Waals surface area contributed by atoms with Crippen LogP contribution in [-0.4, -0.2) is 21.8 Å². The van der Waals surface area contributed by atoms with Gasteiger partial charge >= 0.3 is 5.97 Å². The van der Waals surface area contributed by atoms with E-state index >= 15 is 0 Å². The normalized spacial score (nSPS) is 13.4. The smallest absolute Gasteiger partial charge is 0.310 e. The van der Waals surface area contributed by atoms with Crippen molar-refractivity contribution in [2.75, 3.05) is 0 Å². The Labute approximate surface area is 110 Å². The van der Waals surface area contributed by atoms with Crippen LogP contribution in [0.5, 0.6) is 0 Å². The molecular weight excluding hydrogens is 284 g/mol. The second-order valence-electron chi connectivity index (χ2n) is 4.79. The molecule has 0 saturated heterocycles. The van der Waals surface area contributed by atoms with Crippen molar-refractivity contribution in [2.24, 2.45) is 0 Å². The molecule has 1 aromatic rings. The summed E-state index contributed by atoms with van der Waals surface area (Å²) in [4.78, 5) is 11.2. The Morgan fingerprint density at radius 3 is 2.29 bits per heavy atom. The summed E-state index contributed by atoms with van der Waals surface area (Å²) in [7, 11) is 0. The Kier molecular flexibility index (Phi) is 4.71. The van der Waals surface area contributed by atoms with Crippen LogP contribution in [0.2, 0.25) is 0 Å². The van der Waals surface area contributed by atoms with Crippen molar-refractivity contribution in [1.29, 1.82) is 0 Å². The van der Waals surface area contributed by atoms with E-state index in [9.17, 15) is 15.0 Å². The first-order valence-corrected chi connectivity index (χ1v) is 6.29. The third-order valence-electron chi connectivity index (χ3n) is 2.62. The van der Waals surface area contributed by atoms with E-state index in [4.69, 9.17) is 0 Å². The summed E-state index contributed by atoms with van der Waals surface area (Å²) in [6.45, 7) is 3.38. The molecule has 0 bridgehead atoms. The Hall–Kier alpha value is -0.870. The predicted octanol–water partition coefficient (Wildman–Crippen LogP) is 3.17. The topological polar surface area (TPSA) is 57.5 Å².